The zero-order valence-corrected chi connectivity index (χ0v) is 23.2. The minimum absolute atomic E-state index is 0.0780. The number of rotatable bonds is 4. The maximum Gasteiger partial charge on any atom is 0.253 e. The lowest BCUT2D eigenvalue weighted by atomic mass is 9.94. The molecule has 2 fully saturated rings. The summed E-state index contributed by atoms with van der Waals surface area (Å²) in [6.45, 7) is 9.79. The number of benzene rings is 2. The molecule has 0 spiro atoms. The number of hydrogen-bond acceptors (Lipinski definition) is 6. The summed E-state index contributed by atoms with van der Waals surface area (Å²) in [5.41, 5.74) is 2.43. The van der Waals surface area contributed by atoms with Gasteiger partial charge in [-0.1, -0.05) is 36.8 Å². The van der Waals surface area contributed by atoms with Crippen molar-refractivity contribution in [3.8, 4) is 0 Å². The quantitative estimate of drug-likeness (QED) is 0.466. The van der Waals surface area contributed by atoms with Gasteiger partial charge in [0, 0.05) is 49.9 Å². The molecule has 2 aromatic carbocycles. The van der Waals surface area contributed by atoms with Crippen LogP contribution < -0.4 is 4.90 Å². The molecule has 0 bridgehead atoms. The van der Waals surface area contributed by atoms with Crippen LogP contribution in [0.25, 0.3) is 10.2 Å². The Kier molecular flexibility index (Phi) is 7.02. The molecule has 2 atom stereocenters. The van der Waals surface area contributed by atoms with Gasteiger partial charge in [-0.05, 0) is 67.1 Å². The molecule has 2 aliphatic rings. The highest BCUT2D eigenvalue weighted by molar-refractivity contribution is 7.89. The topological polar surface area (TPSA) is 73.8 Å². The highest BCUT2D eigenvalue weighted by atomic mass is 35.5. The van der Waals surface area contributed by atoms with Gasteiger partial charge in [0.25, 0.3) is 5.91 Å². The summed E-state index contributed by atoms with van der Waals surface area (Å²) in [5.74, 6) is 0.603. The first-order valence-corrected chi connectivity index (χ1v) is 15.0. The number of aromatic nitrogens is 1. The van der Waals surface area contributed by atoms with E-state index in [0.29, 0.717) is 61.7 Å². The number of aryl methyl sites for hydroxylation is 1. The van der Waals surface area contributed by atoms with Crippen LogP contribution in [0.1, 0.15) is 36.2 Å². The number of carbonyl (C=O) groups is 1. The Balaban J connectivity index is 1.24. The minimum Gasteiger partial charge on any atom is -0.345 e. The molecule has 192 valence electrons. The normalized spacial score (nSPS) is 21.8. The number of halogens is 1. The smallest absolute Gasteiger partial charge is 0.253 e. The number of carbonyl (C=O) groups excluding carboxylic acids is 1. The molecule has 2 aliphatic heterocycles. The SMILES string of the molecule is Cc1c(Cl)ccc2sc(N3CCN(C(=O)c4ccc(S(=O)(=O)N5CC(C)CC(C)C5)cc4)CC3)nc12. The van der Waals surface area contributed by atoms with Crippen molar-refractivity contribution in [1.29, 1.82) is 0 Å². The number of nitrogens with zero attached hydrogens (tertiary/aromatic N) is 4. The number of anilines is 1. The summed E-state index contributed by atoms with van der Waals surface area (Å²) in [7, 11) is -3.56. The standard InChI is InChI=1S/C26H31ClN4O3S2/c1-17-14-18(2)16-31(15-17)36(33,34)21-6-4-20(5-7-21)25(32)29-10-12-30(13-11-29)26-28-24-19(3)22(27)8-9-23(24)35-26/h4-9,17-18H,10-16H2,1-3H3. The van der Waals surface area contributed by atoms with Gasteiger partial charge in [0.1, 0.15) is 0 Å². The second-order valence-corrected chi connectivity index (χ2v) is 13.4. The molecular weight excluding hydrogens is 516 g/mol. The van der Waals surface area contributed by atoms with Crippen molar-refractivity contribution in [2.45, 2.75) is 32.1 Å². The Bertz CT molecular complexity index is 1370. The molecule has 0 radical (unpaired) electrons. The molecule has 1 aromatic heterocycles. The molecule has 0 aliphatic carbocycles. The summed E-state index contributed by atoms with van der Waals surface area (Å²) in [6.07, 6.45) is 1.04. The first-order chi connectivity index (χ1) is 17.1. The summed E-state index contributed by atoms with van der Waals surface area (Å²) < 4.78 is 29.0. The molecule has 3 aromatic rings. The van der Waals surface area contributed by atoms with E-state index in [1.54, 1.807) is 39.9 Å². The van der Waals surface area contributed by atoms with Crippen molar-refractivity contribution in [2.24, 2.45) is 11.8 Å². The Labute approximate surface area is 221 Å². The lowest BCUT2D eigenvalue weighted by Gasteiger charge is -2.35. The van der Waals surface area contributed by atoms with E-state index < -0.39 is 10.0 Å². The first kappa shape index (κ1) is 25.4. The van der Waals surface area contributed by atoms with Crippen LogP contribution in [-0.2, 0) is 10.0 Å². The molecule has 2 saturated heterocycles. The fraction of sp³-hybridized carbons (Fsp3) is 0.462. The molecule has 2 unspecified atom stereocenters. The van der Waals surface area contributed by atoms with Crippen LogP contribution in [0.5, 0.6) is 0 Å². The molecule has 0 N–H and O–H groups in total. The number of piperidine rings is 1. The highest BCUT2D eigenvalue weighted by Crippen LogP contribution is 2.34. The van der Waals surface area contributed by atoms with Crippen molar-refractivity contribution in [2.75, 3.05) is 44.2 Å². The van der Waals surface area contributed by atoms with Crippen molar-refractivity contribution < 1.29 is 13.2 Å². The number of piperazine rings is 1. The summed E-state index contributed by atoms with van der Waals surface area (Å²) in [4.78, 5) is 22.2. The molecule has 5 rings (SSSR count). The van der Waals surface area contributed by atoms with Gasteiger partial charge in [0.15, 0.2) is 5.13 Å². The van der Waals surface area contributed by atoms with Gasteiger partial charge in [-0.2, -0.15) is 4.31 Å². The molecular formula is C26H31ClN4O3S2. The number of sulfonamides is 1. The van der Waals surface area contributed by atoms with Gasteiger partial charge < -0.3 is 9.80 Å². The van der Waals surface area contributed by atoms with Gasteiger partial charge in [-0.25, -0.2) is 13.4 Å². The van der Waals surface area contributed by atoms with E-state index in [-0.39, 0.29) is 10.8 Å². The summed E-state index contributed by atoms with van der Waals surface area (Å²) in [6, 6.07) is 10.3. The van der Waals surface area contributed by atoms with Crippen LogP contribution in [0.4, 0.5) is 5.13 Å². The molecule has 0 saturated carbocycles. The second-order valence-electron chi connectivity index (χ2n) is 10.1. The van der Waals surface area contributed by atoms with Crippen LogP contribution in [0.15, 0.2) is 41.3 Å². The number of hydrogen-bond donors (Lipinski definition) is 0. The summed E-state index contributed by atoms with van der Waals surface area (Å²) >= 11 is 7.89. The van der Waals surface area contributed by atoms with E-state index in [0.717, 1.165) is 27.3 Å². The lowest BCUT2D eigenvalue weighted by molar-refractivity contribution is 0.0746. The van der Waals surface area contributed by atoms with Crippen molar-refractivity contribution in [3.63, 3.8) is 0 Å². The third-order valence-corrected chi connectivity index (χ3v) is 10.5. The maximum atomic E-state index is 13.1. The van der Waals surface area contributed by atoms with Crippen LogP contribution in [0.3, 0.4) is 0 Å². The zero-order valence-electron chi connectivity index (χ0n) is 20.8. The average molecular weight is 547 g/mol. The lowest BCUT2D eigenvalue weighted by Crippen LogP contribution is -2.48. The number of amides is 1. The van der Waals surface area contributed by atoms with Crippen molar-refractivity contribution >= 4 is 54.2 Å². The molecule has 1 amide bonds. The predicted octanol–water partition coefficient (Wildman–Crippen LogP) is 4.89. The fourth-order valence-electron chi connectivity index (χ4n) is 5.23. The Morgan fingerprint density at radius 3 is 2.28 bits per heavy atom. The van der Waals surface area contributed by atoms with Gasteiger partial charge in [-0.15, -0.1) is 0 Å². The highest BCUT2D eigenvalue weighted by Gasteiger charge is 2.32. The van der Waals surface area contributed by atoms with E-state index in [9.17, 15) is 13.2 Å². The summed E-state index contributed by atoms with van der Waals surface area (Å²) in [5, 5.41) is 1.66. The average Bonchev–Trinajstić information content (AvgIpc) is 3.31. The zero-order chi connectivity index (χ0) is 25.6. The Morgan fingerprint density at radius 2 is 1.64 bits per heavy atom. The number of fused-ring (bicyclic) bond motifs is 1. The molecule has 10 heteroatoms. The van der Waals surface area contributed by atoms with Gasteiger partial charge in [0.2, 0.25) is 10.0 Å². The van der Waals surface area contributed by atoms with E-state index in [2.05, 4.69) is 18.7 Å². The third kappa shape index (κ3) is 4.86. The van der Waals surface area contributed by atoms with Crippen LogP contribution in [0, 0.1) is 18.8 Å². The van der Waals surface area contributed by atoms with Crippen LogP contribution >= 0.6 is 22.9 Å². The van der Waals surface area contributed by atoms with Crippen LogP contribution in [-0.4, -0.2) is 67.8 Å². The van der Waals surface area contributed by atoms with E-state index >= 15 is 0 Å². The Hall–Kier alpha value is -2.20. The third-order valence-electron chi connectivity index (χ3n) is 7.15. The predicted molar refractivity (Wildman–Crippen MR) is 146 cm³/mol. The minimum atomic E-state index is -3.56. The monoisotopic (exact) mass is 546 g/mol. The molecule has 36 heavy (non-hydrogen) atoms. The largest absolute Gasteiger partial charge is 0.345 e. The Morgan fingerprint density at radius 1 is 1.00 bits per heavy atom. The van der Waals surface area contributed by atoms with E-state index in [4.69, 9.17) is 16.6 Å². The van der Waals surface area contributed by atoms with Crippen molar-refractivity contribution in [3.05, 3.63) is 52.5 Å². The number of thiazole rings is 1. The van der Waals surface area contributed by atoms with E-state index in [1.165, 1.54) is 0 Å². The molecule has 3 heterocycles. The first-order valence-electron chi connectivity index (χ1n) is 12.3. The van der Waals surface area contributed by atoms with Crippen molar-refractivity contribution in [1.82, 2.24) is 14.2 Å². The fourth-order valence-corrected chi connectivity index (χ4v) is 8.14. The van der Waals surface area contributed by atoms with Gasteiger partial charge in [0.05, 0.1) is 15.1 Å². The van der Waals surface area contributed by atoms with Gasteiger partial charge in [-0.3, -0.25) is 4.79 Å². The maximum absolute atomic E-state index is 13.1. The van der Waals surface area contributed by atoms with Crippen LogP contribution in [0.2, 0.25) is 5.02 Å². The second kappa shape index (κ2) is 9.93. The van der Waals surface area contributed by atoms with Gasteiger partial charge >= 0.3 is 0 Å². The molecule has 7 nitrogen and oxygen atoms in total. The van der Waals surface area contributed by atoms with E-state index in [1.807, 2.05) is 24.0 Å².